The number of aromatic carboxylic acids is 3. The van der Waals surface area contributed by atoms with Crippen molar-refractivity contribution < 1.29 is 136 Å². The minimum atomic E-state index is -1.44. The molecule has 15 N–H and O–H groups in total. The van der Waals surface area contributed by atoms with Crippen LogP contribution in [0.15, 0.2) is 54.6 Å². The fourth-order valence-electron chi connectivity index (χ4n) is 7.01. The van der Waals surface area contributed by atoms with Crippen molar-refractivity contribution in [2.24, 2.45) is 0 Å². The van der Waals surface area contributed by atoms with Gasteiger partial charge < -0.3 is 108 Å². The van der Waals surface area contributed by atoms with Crippen LogP contribution in [0.1, 0.15) is 86.3 Å². The van der Waals surface area contributed by atoms with Gasteiger partial charge in [0.05, 0.1) is 17.9 Å². The van der Waals surface area contributed by atoms with Gasteiger partial charge in [-0.1, -0.05) is 36.4 Å². The third-order valence-corrected chi connectivity index (χ3v) is 10.6. The van der Waals surface area contributed by atoms with E-state index in [2.05, 4.69) is 31.9 Å². The molecule has 0 aliphatic heterocycles. The maximum absolute atomic E-state index is 11.3. The van der Waals surface area contributed by atoms with E-state index >= 15 is 0 Å². The standard InChI is InChI=1S/3C16H20N2O8.Fe/c3*19-13(20)5-4-12(16(25)26)17-7-6-9-10(15(23)24)2-1-3-11(9)18-8-14(21)22;/h3*1-3,12,17-18H,4-8H2,(H,19,20)(H,21,22)(H,23,24)(H,25,26);/q;;;+3/p-3. The van der Waals surface area contributed by atoms with Gasteiger partial charge in [0.15, 0.2) is 0 Å². The zero-order valence-electron chi connectivity index (χ0n) is 41.5. The van der Waals surface area contributed by atoms with Crippen molar-refractivity contribution in [1.82, 2.24) is 16.0 Å². The monoisotopic (exact) mass is 1160 g/mol. The van der Waals surface area contributed by atoms with Crippen LogP contribution < -0.4 is 47.2 Å². The van der Waals surface area contributed by atoms with Crippen molar-refractivity contribution in [1.29, 1.82) is 0 Å². The van der Waals surface area contributed by atoms with Crippen LogP contribution in [0.25, 0.3) is 0 Å². The van der Waals surface area contributed by atoms with Gasteiger partial charge in [-0.3, -0.25) is 43.2 Å². The Hall–Kier alpha value is -8.90. The average Bonchev–Trinajstić information content (AvgIpc) is 3.35. The van der Waals surface area contributed by atoms with Crippen LogP contribution >= 0.6 is 0 Å². The molecule has 0 aliphatic rings. The van der Waals surface area contributed by atoms with E-state index < -0.39 is 109 Å². The number of carbonyl (C=O) groups excluding carboxylic acids is 3. The molecule has 0 spiro atoms. The Morgan fingerprint density at radius 3 is 0.772 bits per heavy atom. The second-order valence-electron chi connectivity index (χ2n) is 16.2. The summed E-state index contributed by atoms with van der Waals surface area (Å²) >= 11 is 0. The minimum Gasteiger partial charge on any atom is -0.545 e. The van der Waals surface area contributed by atoms with E-state index in [0.717, 1.165) is 0 Å². The number of hydrogen-bond donors (Lipinski definition) is 15. The number of anilines is 3. The van der Waals surface area contributed by atoms with Crippen molar-refractivity contribution in [2.75, 3.05) is 55.2 Å². The summed E-state index contributed by atoms with van der Waals surface area (Å²) in [7, 11) is 0. The molecule has 0 amide bonds. The number of nitrogens with one attached hydrogen (secondary N) is 6. The molecule has 31 heteroatoms. The molecule has 3 unspecified atom stereocenters. The number of hydrogen-bond acceptors (Lipinski definition) is 21. The zero-order valence-corrected chi connectivity index (χ0v) is 42.6. The molecule has 0 aromatic heterocycles. The quantitative estimate of drug-likeness (QED) is 0.0258. The molecule has 0 bridgehead atoms. The van der Waals surface area contributed by atoms with Crippen LogP contribution in [0, 0.1) is 0 Å². The Morgan fingerprint density at radius 2 is 0.595 bits per heavy atom. The molecular weight excluding hydrogens is 1100 g/mol. The van der Waals surface area contributed by atoms with Gasteiger partial charge >= 0.3 is 70.8 Å². The molecule has 0 saturated carbocycles. The Bertz CT molecular complexity index is 2350. The molecule has 0 saturated heterocycles. The van der Waals surface area contributed by atoms with E-state index in [4.69, 9.17) is 46.0 Å². The predicted molar refractivity (Wildman–Crippen MR) is 261 cm³/mol. The van der Waals surface area contributed by atoms with Crippen LogP contribution in [0.4, 0.5) is 17.1 Å². The summed E-state index contributed by atoms with van der Waals surface area (Å²) in [6, 6.07) is 9.40. The van der Waals surface area contributed by atoms with E-state index in [1.54, 1.807) is 0 Å². The Balaban J connectivity index is 0.00000115. The van der Waals surface area contributed by atoms with Gasteiger partial charge in [-0.2, -0.15) is 0 Å². The van der Waals surface area contributed by atoms with E-state index in [1.165, 1.54) is 54.6 Å². The van der Waals surface area contributed by atoms with E-state index in [1.807, 2.05) is 0 Å². The number of rotatable bonds is 36. The second-order valence-corrected chi connectivity index (χ2v) is 16.2. The predicted octanol–water partition coefficient (Wildman–Crippen LogP) is -3.01. The number of carbonyl (C=O) groups is 12. The van der Waals surface area contributed by atoms with Gasteiger partial charge in [-0.15, -0.1) is 0 Å². The van der Waals surface area contributed by atoms with Crippen LogP contribution in [0.2, 0.25) is 0 Å². The van der Waals surface area contributed by atoms with Gasteiger partial charge in [-0.25, -0.2) is 0 Å². The minimum absolute atomic E-state index is 0. The maximum atomic E-state index is 11.3. The summed E-state index contributed by atoms with van der Waals surface area (Å²) < 4.78 is 0. The van der Waals surface area contributed by atoms with E-state index in [-0.39, 0.29) is 145 Å². The molecule has 79 heavy (non-hydrogen) atoms. The van der Waals surface area contributed by atoms with Gasteiger partial charge in [-0.05, 0) is 73.4 Å². The van der Waals surface area contributed by atoms with Crippen molar-refractivity contribution in [2.45, 2.75) is 75.9 Å². The summed E-state index contributed by atoms with van der Waals surface area (Å²) in [4.78, 5) is 131. The molecule has 0 fully saturated rings. The fourth-order valence-corrected chi connectivity index (χ4v) is 7.01. The second kappa shape index (κ2) is 37.0. The molecular formula is C48H57FeN6O24. The maximum Gasteiger partial charge on any atom is 3.00 e. The Morgan fingerprint density at radius 1 is 0.367 bits per heavy atom. The first kappa shape index (κ1) is 70.1. The first-order valence-corrected chi connectivity index (χ1v) is 23.1. The molecule has 3 rings (SSSR count). The first-order chi connectivity index (χ1) is 36.7. The first-order valence-electron chi connectivity index (χ1n) is 23.1. The van der Waals surface area contributed by atoms with Crippen LogP contribution in [0.3, 0.4) is 0 Å². The number of benzene rings is 3. The third kappa shape index (κ3) is 28.2. The topological polar surface area (TPSA) is 528 Å². The fraction of sp³-hybridized carbons (Fsp3) is 0.375. The van der Waals surface area contributed by atoms with Crippen molar-refractivity contribution in [3.63, 3.8) is 0 Å². The van der Waals surface area contributed by atoms with Gasteiger partial charge in [0.25, 0.3) is 0 Å². The Labute approximate surface area is 458 Å². The van der Waals surface area contributed by atoms with Crippen molar-refractivity contribution in [3.8, 4) is 0 Å². The molecule has 3 aromatic carbocycles. The van der Waals surface area contributed by atoms with Gasteiger partial charge in [0.2, 0.25) is 0 Å². The van der Waals surface area contributed by atoms with Crippen LogP contribution in [-0.4, -0.2) is 175 Å². The zero-order chi connectivity index (χ0) is 59.1. The summed E-state index contributed by atoms with van der Waals surface area (Å²) in [5.74, 6) is -14.8. The summed E-state index contributed by atoms with van der Waals surface area (Å²) in [5, 5.41) is 129. The summed E-state index contributed by atoms with van der Waals surface area (Å²) in [6.45, 7) is -1.14. The summed E-state index contributed by atoms with van der Waals surface area (Å²) in [5.41, 5.74) is 1.24. The van der Waals surface area contributed by atoms with Crippen molar-refractivity contribution >= 4 is 88.7 Å². The largest absolute Gasteiger partial charge is 3.00 e. The van der Waals surface area contributed by atoms with Crippen molar-refractivity contribution in [3.05, 3.63) is 88.0 Å². The van der Waals surface area contributed by atoms with E-state index in [0.29, 0.717) is 0 Å². The van der Waals surface area contributed by atoms with Gasteiger partial charge in [0.1, 0.15) is 37.8 Å². The van der Waals surface area contributed by atoms with Gasteiger partial charge in [0, 0.05) is 72.6 Å². The molecule has 0 aliphatic carbocycles. The average molecular weight is 1160 g/mol. The molecule has 3 atom stereocenters. The molecule has 431 valence electrons. The molecule has 3 aromatic rings. The molecule has 1 radical (unpaired) electrons. The Kier molecular flexibility index (Phi) is 32.8. The van der Waals surface area contributed by atoms with E-state index in [9.17, 15) is 72.9 Å². The third-order valence-electron chi connectivity index (χ3n) is 10.6. The SMILES string of the molecule is O=C(O)CCC(NCCc1c(NCC(=O)O)cccc1C(=O)[O-])C(=O)O.O=C(O)CCC(NCCc1c(NCC(=O)O)cccc1C(=O)[O-])C(=O)O.O=C(O)CCC(NCCc1c(NCC(=O)O)cccc1C(=O)[O-])C(=O)O.[Fe+3]. The number of carboxylic acids is 12. The summed E-state index contributed by atoms with van der Waals surface area (Å²) in [6.07, 6.45) is -1.15. The molecule has 0 heterocycles. The number of aliphatic carboxylic acids is 9. The van der Waals surface area contributed by atoms with Crippen LogP contribution in [0.5, 0.6) is 0 Å². The number of carboxylic acid groups (broad SMARTS) is 12. The smallest absolute Gasteiger partial charge is 0.545 e. The molecule has 30 nitrogen and oxygen atoms in total. The normalized spacial score (nSPS) is 11.4. The van der Waals surface area contributed by atoms with Crippen LogP contribution in [-0.2, 0) is 79.5 Å².